The van der Waals surface area contributed by atoms with Gasteiger partial charge in [-0.2, -0.15) is 0 Å². The molecule has 64 valence electrons. The molecule has 0 aromatic rings. The largest absolute Gasteiger partial charge is 0.353 e. The summed E-state index contributed by atoms with van der Waals surface area (Å²) in [4.78, 5) is 11.0. The van der Waals surface area contributed by atoms with Crippen LogP contribution in [0, 0.1) is 5.92 Å². The van der Waals surface area contributed by atoms with Crippen molar-refractivity contribution in [2.45, 2.75) is 32.2 Å². The molecule has 3 heteroatoms. The lowest BCUT2D eigenvalue weighted by Gasteiger charge is -2.00. The average molecular weight is 176 g/mol. The Bertz CT molecular complexity index is 149. The van der Waals surface area contributed by atoms with Crippen LogP contribution < -0.4 is 5.32 Å². The van der Waals surface area contributed by atoms with Gasteiger partial charge in [0.2, 0.25) is 5.91 Å². The maximum absolute atomic E-state index is 11.0. The quantitative estimate of drug-likeness (QED) is 0.646. The first kappa shape index (κ1) is 8.85. The first-order valence-electron chi connectivity index (χ1n) is 4.09. The fourth-order valence-corrected chi connectivity index (χ4v) is 1.16. The van der Waals surface area contributed by atoms with E-state index in [1.807, 2.05) is 0 Å². The lowest BCUT2D eigenvalue weighted by atomic mass is 10.3. The Kier molecular flexibility index (Phi) is 3.18. The SMILES string of the molecule is CC1CC1NC(=O)CCCCl. The number of carbonyl (C=O) groups excluding carboxylic acids is 1. The van der Waals surface area contributed by atoms with Crippen LogP contribution >= 0.6 is 11.6 Å². The van der Waals surface area contributed by atoms with Crippen molar-refractivity contribution in [2.24, 2.45) is 5.92 Å². The molecule has 0 bridgehead atoms. The Hall–Kier alpha value is -0.240. The van der Waals surface area contributed by atoms with E-state index in [0.717, 1.165) is 12.8 Å². The van der Waals surface area contributed by atoms with Crippen molar-refractivity contribution in [1.29, 1.82) is 0 Å². The molecule has 1 aliphatic rings. The van der Waals surface area contributed by atoms with Gasteiger partial charge in [0.05, 0.1) is 0 Å². The molecule has 0 saturated heterocycles. The molecule has 2 unspecified atom stereocenters. The first-order valence-corrected chi connectivity index (χ1v) is 4.63. The number of hydrogen-bond acceptors (Lipinski definition) is 1. The molecule has 1 N–H and O–H groups in total. The molecule has 2 nitrogen and oxygen atoms in total. The zero-order valence-corrected chi connectivity index (χ0v) is 7.53. The third-order valence-corrected chi connectivity index (χ3v) is 2.26. The Labute approximate surface area is 72.3 Å². The summed E-state index contributed by atoms with van der Waals surface area (Å²) in [6.45, 7) is 2.15. The van der Waals surface area contributed by atoms with Gasteiger partial charge in [0.1, 0.15) is 0 Å². The van der Waals surface area contributed by atoms with Crippen molar-refractivity contribution >= 4 is 17.5 Å². The highest BCUT2D eigenvalue weighted by molar-refractivity contribution is 6.17. The number of nitrogens with one attached hydrogen (secondary N) is 1. The molecule has 1 aliphatic carbocycles. The van der Waals surface area contributed by atoms with Gasteiger partial charge in [-0.1, -0.05) is 6.92 Å². The summed E-state index contributed by atoms with van der Waals surface area (Å²) in [6.07, 6.45) is 2.51. The topological polar surface area (TPSA) is 29.1 Å². The van der Waals surface area contributed by atoms with E-state index in [0.29, 0.717) is 24.3 Å². The van der Waals surface area contributed by atoms with Gasteiger partial charge >= 0.3 is 0 Å². The highest BCUT2D eigenvalue weighted by Crippen LogP contribution is 2.28. The van der Waals surface area contributed by atoms with E-state index >= 15 is 0 Å². The molecule has 0 heterocycles. The highest BCUT2D eigenvalue weighted by atomic mass is 35.5. The van der Waals surface area contributed by atoms with Crippen LogP contribution in [0.15, 0.2) is 0 Å². The zero-order valence-electron chi connectivity index (χ0n) is 6.77. The van der Waals surface area contributed by atoms with Gasteiger partial charge in [-0.05, 0) is 18.8 Å². The smallest absolute Gasteiger partial charge is 0.220 e. The molecule has 0 spiro atoms. The fourth-order valence-electron chi connectivity index (χ4n) is 1.03. The van der Waals surface area contributed by atoms with E-state index in [2.05, 4.69) is 12.2 Å². The molecular weight excluding hydrogens is 162 g/mol. The standard InChI is InChI=1S/C8H14ClNO/c1-6-5-7(6)10-8(11)3-2-4-9/h6-7H,2-5H2,1H3,(H,10,11). The van der Waals surface area contributed by atoms with Crippen molar-refractivity contribution in [1.82, 2.24) is 5.32 Å². The molecule has 2 atom stereocenters. The molecule has 1 saturated carbocycles. The summed E-state index contributed by atoms with van der Waals surface area (Å²) in [5.74, 6) is 1.42. The van der Waals surface area contributed by atoms with Crippen molar-refractivity contribution in [3.8, 4) is 0 Å². The fraction of sp³-hybridized carbons (Fsp3) is 0.875. The normalized spacial score (nSPS) is 28.2. The van der Waals surface area contributed by atoms with Gasteiger partial charge in [0.25, 0.3) is 0 Å². The molecule has 11 heavy (non-hydrogen) atoms. The van der Waals surface area contributed by atoms with Crippen LogP contribution in [0.3, 0.4) is 0 Å². The second kappa shape index (κ2) is 3.96. The van der Waals surface area contributed by atoms with Crippen LogP contribution in [0.25, 0.3) is 0 Å². The number of hydrogen-bond donors (Lipinski definition) is 1. The van der Waals surface area contributed by atoms with Gasteiger partial charge in [-0.3, -0.25) is 4.79 Å². The third kappa shape index (κ3) is 3.10. The molecule has 1 amide bonds. The maximum atomic E-state index is 11.0. The van der Waals surface area contributed by atoms with Crippen molar-refractivity contribution in [2.75, 3.05) is 5.88 Å². The van der Waals surface area contributed by atoms with Crippen molar-refractivity contribution in [3.05, 3.63) is 0 Å². The van der Waals surface area contributed by atoms with E-state index in [1.54, 1.807) is 0 Å². The van der Waals surface area contributed by atoms with Crippen molar-refractivity contribution < 1.29 is 4.79 Å². The number of amides is 1. The lowest BCUT2D eigenvalue weighted by molar-refractivity contribution is -0.121. The van der Waals surface area contributed by atoms with Gasteiger partial charge < -0.3 is 5.32 Å². The van der Waals surface area contributed by atoms with E-state index < -0.39 is 0 Å². The molecule has 1 fully saturated rings. The number of halogens is 1. The van der Waals surface area contributed by atoms with Gasteiger partial charge in [0, 0.05) is 18.3 Å². The summed E-state index contributed by atoms with van der Waals surface area (Å²) in [7, 11) is 0. The minimum Gasteiger partial charge on any atom is -0.353 e. The van der Waals surface area contributed by atoms with Crippen LogP contribution in [0.4, 0.5) is 0 Å². The van der Waals surface area contributed by atoms with Crippen molar-refractivity contribution in [3.63, 3.8) is 0 Å². The summed E-state index contributed by atoms with van der Waals surface area (Å²) in [5, 5.41) is 2.94. The van der Waals surface area contributed by atoms with E-state index in [9.17, 15) is 4.79 Å². The van der Waals surface area contributed by atoms with Crippen LogP contribution in [0.1, 0.15) is 26.2 Å². The van der Waals surface area contributed by atoms with E-state index in [4.69, 9.17) is 11.6 Å². The molecule has 0 aromatic carbocycles. The van der Waals surface area contributed by atoms with E-state index in [1.165, 1.54) is 0 Å². The van der Waals surface area contributed by atoms with Gasteiger partial charge in [0.15, 0.2) is 0 Å². The second-order valence-electron chi connectivity index (χ2n) is 3.18. The van der Waals surface area contributed by atoms with Gasteiger partial charge in [-0.15, -0.1) is 11.6 Å². The maximum Gasteiger partial charge on any atom is 0.220 e. The number of alkyl halides is 1. The summed E-state index contributed by atoms with van der Waals surface area (Å²) in [6, 6.07) is 0.456. The third-order valence-electron chi connectivity index (χ3n) is 1.99. The molecule has 0 radical (unpaired) electrons. The zero-order chi connectivity index (χ0) is 8.27. The summed E-state index contributed by atoms with van der Waals surface area (Å²) >= 11 is 5.45. The molecular formula is C8H14ClNO. The minimum absolute atomic E-state index is 0.153. The number of carbonyl (C=O) groups is 1. The van der Waals surface area contributed by atoms with Crippen LogP contribution in [0.2, 0.25) is 0 Å². The second-order valence-corrected chi connectivity index (χ2v) is 3.56. The first-order chi connectivity index (χ1) is 5.24. The Morgan fingerprint density at radius 2 is 2.36 bits per heavy atom. The van der Waals surface area contributed by atoms with Crippen LogP contribution in [-0.4, -0.2) is 17.8 Å². The van der Waals surface area contributed by atoms with Crippen LogP contribution in [-0.2, 0) is 4.79 Å². The monoisotopic (exact) mass is 175 g/mol. The molecule has 1 rings (SSSR count). The van der Waals surface area contributed by atoms with E-state index in [-0.39, 0.29) is 5.91 Å². The molecule has 0 aliphatic heterocycles. The minimum atomic E-state index is 0.153. The van der Waals surface area contributed by atoms with Gasteiger partial charge in [-0.25, -0.2) is 0 Å². The highest BCUT2D eigenvalue weighted by Gasteiger charge is 2.33. The number of rotatable bonds is 4. The predicted molar refractivity (Wildman–Crippen MR) is 45.7 cm³/mol. The summed E-state index contributed by atoms with van der Waals surface area (Å²) < 4.78 is 0. The van der Waals surface area contributed by atoms with Crippen LogP contribution in [0.5, 0.6) is 0 Å². The lowest BCUT2D eigenvalue weighted by Crippen LogP contribution is -2.26. The Morgan fingerprint density at radius 3 is 2.82 bits per heavy atom. The Morgan fingerprint density at radius 1 is 1.73 bits per heavy atom. The Balaban J connectivity index is 2.02. The summed E-state index contributed by atoms with van der Waals surface area (Å²) in [5.41, 5.74) is 0. The molecule has 0 aromatic heterocycles. The average Bonchev–Trinajstić information content (AvgIpc) is 2.62. The predicted octanol–water partition coefficient (Wildman–Crippen LogP) is 1.53.